The fourth-order valence-electron chi connectivity index (χ4n) is 3.25. The van der Waals surface area contributed by atoms with E-state index in [1.54, 1.807) is 0 Å². The topological polar surface area (TPSA) is 57.4 Å². The molecule has 0 saturated carbocycles. The molecular formula is C17H18N4. The maximum Gasteiger partial charge on any atom is 0.137 e. The van der Waals surface area contributed by atoms with E-state index in [0.717, 1.165) is 16.8 Å². The van der Waals surface area contributed by atoms with Gasteiger partial charge in [-0.15, -0.1) is 0 Å². The highest BCUT2D eigenvalue weighted by Gasteiger charge is 2.14. The molecule has 0 bridgehead atoms. The largest absolute Gasteiger partial charge is 0.346 e. The van der Waals surface area contributed by atoms with Crippen LogP contribution < -0.4 is 0 Å². The van der Waals surface area contributed by atoms with Gasteiger partial charge < -0.3 is 4.98 Å². The van der Waals surface area contributed by atoms with E-state index in [1.165, 1.54) is 47.8 Å². The molecule has 0 atom stereocenters. The Kier molecular flexibility index (Phi) is 2.88. The van der Waals surface area contributed by atoms with Crippen molar-refractivity contribution in [3.63, 3.8) is 0 Å². The number of rotatable bonds is 2. The van der Waals surface area contributed by atoms with E-state index in [0.29, 0.717) is 0 Å². The van der Waals surface area contributed by atoms with Gasteiger partial charge in [-0.2, -0.15) is 5.10 Å². The normalized spacial score (nSPS) is 15.9. The van der Waals surface area contributed by atoms with E-state index in [1.807, 2.05) is 24.8 Å². The van der Waals surface area contributed by atoms with Gasteiger partial charge in [-0.3, -0.25) is 5.10 Å². The highest BCUT2D eigenvalue weighted by Crippen LogP contribution is 2.34. The Labute approximate surface area is 123 Å². The summed E-state index contributed by atoms with van der Waals surface area (Å²) in [5.41, 5.74) is 7.45. The van der Waals surface area contributed by atoms with Gasteiger partial charge in [0.1, 0.15) is 5.65 Å². The van der Waals surface area contributed by atoms with E-state index in [9.17, 15) is 0 Å². The molecule has 1 aliphatic carbocycles. The third-order valence-corrected chi connectivity index (χ3v) is 4.43. The average Bonchev–Trinajstić information content (AvgIpc) is 3.16. The predicted octanol–water partition coefficient (Wildman–Crippen LogP) is 4.30. The van der Waals surface area contributed by atoms with Crippen LogP contribution in [0.15, 0.2) is 36.4 Å². The van der Waals surface area contributed by atoms with Crippen LogP contribution in [-0.2, 0) is 0 Å². The van der Waals surface area contributed by atoms with Crippen LogP contribution >= 0.6 is 0 Å². The molecule has 21 heavy (non-hydrogen) atoms. The molecule has 0 aromatic carbocycles. The Hall–Kier alpha value is -2.36. The number of allylic oxidation sites excluding steroid dienone is 2. The van der Waals surface area contributed by atoms with Crippen molar-refractivity contribution >= 4 is 16.6 Å². The minimum atomic E-state index is 0.934. The smallest absolute Gasteiger partial charge is 0.137 e. The summed E-state index contributed by atoms with van der Waals surface area (Å²) in [6.07, 6.45) is 12.8. The van der Waals surface area contributed by atoms with Crippen molar-refractivity contribution in [3.05, 3.63) is 42.0 Å². The molecule has 1 aliphatic rings. The molecular weight excluding hydrogens is 260 g/mol. The summed E-state index contributed by atoms with van der Waals surface area (Å²) in [6, 6.07) is 2.27. The first-order valence-corrected chi connectivity index (χ1v) is 7.48. The van der Waals surface area contributed by atoms with Crippen molar-refractivity contribution in [1.82, 2.24) is 20.2 Å². The maximum atomic E-state index is 4.60. The van der Waals surface area contributed by atoms with Gasteiger partial charge in [0.25, 0.3) is 0 Å². The van der Waals surface area contributed by atoms with E-state index < -0.39 is 0 Å². The second-order valence-corrected chi connectivity index (χ2v) is 5.78. The molecule has 3 aromatic rings. The fourth-order valence-corrected chi connectivity index (χ4v) is 3.25. The second kappa shape index (κ2) is 4.88. The molecule has 4 nitrogen and oxygen atoms in total. The van der Waals surface area contributed by atoms with Crippen molar-refractivity contribution in [2.75, 3.05) is 0 Å². The summed E-state index contributed by atoms with van der Waals surface area (Å²) in [6.45, 7) is 2.26. The fraction of sp³-hybridized carbons (Fsp3) is 0.294. The number of pyridine rings is 1. The Balaban J connectivity index is 1.87. The Bertz CT molecular complexity index is 809. The average molecular weight is 278 g/mol. The van der Waals surface area contributed by atoms with Crippen molar-refractivity contribution in [2.24, 2.45) is 0 Å². The molecule has 0 amide bonds. The van der Waals surface area contributed by atoms with E-state index in [2.05, 4.69) is 33.2 Å². The predicted molar refractivity (Wildman–Crippen MR) is 84.7 cm³/mol. The second-order valence-electron chi connectivity index (χ2n) is 5.78. The third-order valence-electron chi connectivity index (χ3n) is 4.43. The van der Waals surface area contributed by atoms with Crippen molar-refractivity contribution in [1.29, 1.82) is 0 Å². The van der Waals surface area contributed by atoms with Crippen LogP contribution in [0, 0.1) is 0 Å². The number of hydrogen-bond acceptors (Lipinski definition) is 2. The van der Waals surface area contributed by atoms with Crippen LogP contribution in [0.25, 0.3) is 27.7 Å². The van der Waals surface area contributed by atoms with Crippen LogP contribution in [-0.4, -0.2) is 20.2 Å². The molecule has 4 rings (SSSR count). The van der Waals surface area contributed by atoms with Crippen molar-refractivity contribution in [2.45, 2.75) is 32.6 Å². The SMILES string of the molecule is CC1=C(c2cnc3[nH]cc(-c4cn[nH]c4)c3c2)CCCC1. The lowest BCUT2D eigenvalue weighted by Crippen LogP contribution is -1.97. The minimum absolute atomic E-state index is 0.934. The number of nitrogens with one attached hydrogen (secondary N) is 2. The number of nitrogens with zero attached hydrogens (tertiary/aromatic N) is 2. The number of H-pyrrole nitrogens is 2. The first-order chi connectivity index (χ1) is 10.3. The van der Waals surface area contributed by atoms with Crippen LogP contribution in [0.1, 0.15) is 38.2 Å². The van der Waals surface area contributed by atoms with Crippen LogP contribution in [0.4, 0.5) is 0 Å². The lowest BCUT2D eigenvalue weighted by molar-refractivity contribution is 0.714. The van der Waals surface area contributed by atoms with Gasteiger partial charge in [-0.1, -0.05) is 5.57 Å². The molecule has 106 valence electrons. The zero-order valence-corrected chi connectivity index (χ0v) is 12.1. The summed E-state index contributed by atoms with van der Waals surface area (Å²) in [4.78, 5) is 7.85. The summed E-state index contributed by atoms with van der Waals surface area (Å²) >= 11 is 0. The summed E-state index contributed by atoms with van der Waals surface area (Å²) in [5.74, 6) is 0. The first-order valence-electron chi connectivity index (χ1n) is 7.48. The monoisotopic (exact) mass is 278 g/mol. The van der Waals surface area contributed by atoms with Crippen molar-refractivity contribution < 1.29 is 0 Å². The third kappa shape index (κ3) is 2.07. The number of fused-ring (bicyclic) bond motifs is 1. The Morgan fingerprint density at radius 1 is 1.05 bits per heavy atom. The quantitative estimate of drug-likeness (QED) is 0.734. The van der Waals surface area contributed by atoms with E-state index >= 15 is 0 Å². The minimum Gasteiger partial charge on any atom is -0.346 e. The molecule has 0 radical (unpaired) electrons. The lowest BCUT2D eigenvalue weighted by Gasteiger charge is -2.17. The molecule has 4 heteroatoms. The summed E-state index contributed by atoms with van der Waals surface area (Å²) in [5, 5.41) is 8.08. The van der Waals surface area contributed by atoms with Crippen LogP contribution in [0.2, 0.25) is 0 Å². The van der Waals surface area contributed by atoms with Crippen LogP contribution in [0.3, 0.4) is 0 Å². The van der Waals surface area contributed by atoms with Crippen LogP contribution in [0.5, 0.6) is 0 Å². The number of aromatic nitrogens is 4. The molecule has 3 heterocycles. The van der Waals surface area contributed by atoms with Gasteiger partial charge in [0, 0.05) is 35.1 Å². The molecule has 0 saturated heterocycles. The zero-order valence-electron chi connectivity index (χ0n) is 12.1. The standard InChI is InChI=1S/C17H18N4/c1-11-4-2-3-5-14(11)12-6-15-16(13-8-20-21-9-13)10-19-17(15)18-7-12/h6-10H,2-5H2,1H3,(H,18,19)(H,20,21). The zero-order chi connectivity index (χ0) is 14.2. The highest BCUT2D eigenvalue weighted by atomic mass is 15.1. The van der Waals surface area contributed by atoms with E-state index in [4.69, 9.17) is 0 Å². The van der Waals surface area contributed by atoms with Gasteiger partial charge in [0.15, 0.2) is 0 Å². The van der Waals surface area contributed by atoms with Gasteiger partial charge in [0.2, 0.25) is 0 Å². The summed E-state index contributed by atoms with van der Waals surface area (Å²) in [7, 11) is 0. The van der Waals surface area contributed by atoms with E-state index in [-0.39, 0.29) is 0 Å². The molecule has 0 aliphatic heterocycles. The molecule has 0 spiro atoms. The number of hydrogen-bond donors (Lipinski definition) is 2. The molecule has 0 unspecified atom stereocenters. The Morgan fingerprint density at radius 2 is 1.95 bits per heavy atom. The molecule has 0 fully saturated rings. The van der Waals surface area contributed by atoms with Gasteiger partial charge in [0.05, 0.1) is 6.20 Å². The van der Waals surface area contributed by atoms with Crippen molar-refractivity contribution in [3.8, 4) is 11.1 Å². The summed E-state index contributed by atoms with van der Waals surface area (Å²) < 4.78 is 0. The highest BCUT2D eigenvalue weighted by molar-refractivity contribution is 5.95. The lowest BCUT2D eigenvalue weighted by atomic mass is 9.88. The van der Waals surface area contributed by atoms with Gasteiger partial charge in [-0.05, 0) is 49.8 Å². The van der Waals surface area contributed by atoms with Gasteiger partial charge in [-0.25, -0.2) is 4.98 Å². The maximum absolute atomic E-state index is 4.60. The first kappa shape index (κ1) is 12.4. The van der Waals surface area contributed by atoms with Gasteiger partial charge >= 0.3 is 0 Å². The Morgan fingerprint density at radius 3 is 2.76 bits per heavy atom. The molecule has 2 N–H and O–H groups in total. The molecule has 3 aromatic heterocycles. The number of aromatic amines is 2.